The molecule has 102 valence electrons. The molecule has 0 heterocycles. The topological polar surface area (TPSA) is 55.4 Å². The highest BCUT2D eigenvalue weighted by Crippen LogP contribution is 2.38. The van der Waals surface area contributed by atoms with Crippen LogP contribution in [0.25, 0.3) is 0 Å². The van der Waals surface area contributed by atoms with Crippen molar-refractivity contribution in [2.24, 2.45) is 11.8 Å². The number of carbonyl (C=O) groups is 2. The Bertz CT molecular complexity index is 472. The molecule has 0 aromatic heterocycles. The summed E-state index contributed by atoms with van der Waals surface area (Å²) in [4.78, 5) is 22.8. The Kier molecular flexibility index (Phi) is 4.14. The summed E-state index contributed by atoms with van der Waals surface area (Å²) in [6.07, 6.45) is 0.843. The standard InChI is InChI=1S/C14H16FNO3/c1-9-6-12(9)14(18)19-8-13(17)16-7-10-2-4-11(15)5-3-10/h2-5,9,12H,6-8H2,1H3,(H,16,17)/t9-,12-/m1/s1. The van der Waals surface area contributed by atoms with Crippen LogP contribution in [0.2, 0.25) is 0 Å². The second-order valence-corrected chi connectivity index (χ2v) is 4.83. The predicted octanol–water partition coefficient (Wildman–Crippen LogP) is 1.64. The maximum atomic E-state index is 12.7. The molecule has 2 rings (SSSR count). The lowest BCUT2D eigenvalue weighted by atomic mass is 10.2. The van der Waals surface area contributed by atoms with Crippen LogP contribution in [-0.4, -0.2) is 18.5 Å². The molecule has 1 fully saturated rings. The van der Waals surface area contributed by atoms with Gasteiger partial charge in [-0.05, 0) is 30.0 Å². The summed E-state index contributed by atoms with van der Waals surface area (Å²) < 4.78 is 17.6. The van der Waals surface area contributed by atoms with Crippen molar-refractivity contribution in [3.8, 4) is 0 Å². The number of nitrogens with one attached hydrogen (secondary N) is 1. The molecule has 0 bridgehead atoms. The van der Waals surface area contributed by atoms with E-state index in [1.54, 1.807) is 12.1 Å². The summed E-state index contributed by atoms with van der Waals surface area (Å²) in [5.74, 6) is -0.641. The molecule has 1 aromatic carbocycles. The molecule has 4 nitrogen and oxygen atoms in total. The molecule has 0 spiro atoms. The van der Waals surface area contributed by atoms with Crippen molar-refractivity contribution >= 4 is 11.9 Å². The van der Waals surface area contributed by atoms with E-state index in [2.05, 4.69) is 5.32 Å². The van der Waals surface area contributed by atoms with Crippen LogP contribution >= 0.6 is 0 Å². The third-order valence-electron chi connectivity index (χ3n) is 3.16. The number of esters is 1. The van der Waals surface area contributed by atoms with E-state index in [1.165, 1.54) is 12.1 Å². The van der Waals surface area contributed by atoms with Crippen molar-refractivity contribution < 1.29 is 18.7 Å². The summed E-state index contributed by atoms with van der Waals surface area (Å²) in [6, 6.07) is 5.84. The van der Waals surface area contributed by atoms with E-state index in [1.807, 2.05) is 6.92 Å². The van der Waals surface area contributed by atoms with E-state index >= 15 is 0 Å². The highest BCUT2D eigenvalue weighted by atomic mass is 19.1. The third kappa shape index (κ3) is 4.05. The fourth-order valence-electron chi connectivity index (χ4n) is 1.75. The van der Waals surface area contributed by atoms with Gasteiger partial charge in [0.05, 0.1) is 5.92 Å². The van der Waals surface area contributed by atoms with Crippen molar-refractivity contribution in [3.63, 3.8) is 0 Å². The van der Waals surface area contributed by atoms with Gasteiger partial charge in [0, 0.05) is 6.54 Å². The van der Waals surface area contributed by atoms with Gasteiger partial charge in [-0.2, -0.15) is 0 Å². The number of ether oxygens (including phenoxy) is 1. The quantitative estimate of drug-likeness (QED) is 0.823. The minimum absolute atomic E-state index is 0.0371. The van der Waals surface area contributed by atoms with Crippen molar-refractivity contribution in [1.82, 2.24) is 5.32 Å². The molecule has 19 heavy (non-hydrogen) atoms. The van der Waals surface area contributed by atoms with Crippen LogP contribution in [0.3, 0.4) is 0 Å². The summed E-state index contributed by atoms with van der Waals surface area (Å²) in [7, 11) is 0. The monoisotopic (exact) mass is 265 g/mol. The van der Waals surface area contributed by atoms with Crippen LogP contribution in [0.15, 0.2) is 24.3 Å². The lowest BCUT2D eigenvalue weighted by Gasteiger charge is -2.06. The Morgan fingerprint density at radius 3 is 2.58 bits per heavy atom. The SMILES string of the molecule is C[C@@H]1C[C@H]1C(=O)OCC(=O)NCc1ccc(F)cc1. The second-order valence-electron chi connectivity index (χ2n) is 4.83. The smallest absolute Gasteiger partial charge is 0.309 e. The number of halogens is 1. The first-order valence-corrected chi connectivity index (χ1v) is 6.24. The maximum Gasteiger partial charge on any atom is 0.309 e. The molecule has 1 saturated carbocycles. The number of carbonyl (C=O) groups excluding carboxylic acids is 2. The maximum absolute atomic E-state index is 12.7. The Labute approximate surface area is 110 Å². The van der Waals surface area contributed by atoms with Crippen LogP contribution in [0.1, 0.15) is 18.9 Å². The first-order valence-electron chi connectivity index (χ1n) is 6.24. The Hall–Kier alpha value is -1.91. The van der Waals surface area contributed by atoms with E-state index < -0.39 is 0 Å². The Balaban J connectivity index is 1.67. The van der Waals surface area contributed by atoms with Gasteiger partial charge in [-0.15, -0.1) is 0 Å². The second kappa shape index (κ2) is 5.82. The number of rotatable bonds is 5. The van der Waals surface area contributed by atoms with Gasteiger partial charge in [-0.3, -0.25) is 9.59 Å². The van der Waals surface area contributed by atoms with Crippen molar-refractivity contribution in [2.45, 2.75) is 19.9 Å². The van der Waals surface area contributed by atoms with E-state index in [-0.39, 0.29) is 36.8 Å². The van der Waals surface area contributed by atoms with E-state index in [0.29, 0.717) is 5.92 Å². The van der Waals surface area contributed by atoms with E-state index in [0.717, 1.165) is 12.0 Å². The molecule has 1 aliphatic carbocycles. The molecule has 0 saturated heterocycles. The van der Waals surface area contributed by atoms with Crippen LogP contribution in [0, 0.1) is 17.7 Å². The van der Waals surface area contributed by atoms with Crippen molar-refractivity contribution in [3.05, 3.63) is 35.6 Å². The molecular formula is C14H16FNO3. The van der Waals surface area contributed by atoms with E-state index in [4.69, 9.17) is 4.74 Å². The molecule has 1 amide bonds. The van der Waals surface area contributed by atoms with Crippen molar-refractivity contribution in [2.75, 3.05) is 6.61 Å². The van der Waals surface area contributed by atoms with E-state index in [9.17, 15) is 14.0 Å². The molecule has 1 aromatic rings. The number of benzene rings is 1. The average molecular weight is 265 g/mol. The van der Waals surface area contributed by atoms with Gasteiger partial charge in [0.15, 0.2) is 6.61 Å². The average Bonchev–Trinajstić information content (AvgIpc) is 3.12. The normalized spacial score (nSPS) is 20.7. The molecule has 0 unspecified atom stereocenters. The van der Waals surface area contributed by atoms with Gasteiger partial charge < -0.3 is 10.1 Å². The van der Waals surface area contributed by atoms with Crippen LogP contribution in [0.4, 0.5) is 4.39 Å². The summed E-state index contributed by atoms with van der Waals surface area (Å²) in [6.45, 7) is 2.00. The van der Waals surface area contributed by atoms with Crippen LogP contribution in [0.5, 0.6) is 0 Å². The zero-order valence-electron chi connectivity index (χ0n) is 10.7. The summed E-state index contributed by atoms with van der Waals surface area (Å²) in [5, 5.41) is 2.61. The molecule has 0 radical (unpaired) electrons. The lowest BCUT2D eigenvalue weighted by Crippen LogP contribution is -2.28. The van der Waals surface area contributed by atoms with Gasteiger partial charge in [0.25, 0.3) is 5.91 Å². The zero-order chi connectivity index (χ0) is 13.8. The van der Waals surface area contributed by atoms with Gasteiger partial charge in [0.1, 0.15) is 5.82 Å². The Morgan fingerprint density at radius 1 is 1.37 bits per heavy atom. The molecule has 2 atom stereocenters. The van der Waals surface area contributed by atoms with Gasteiger partial charge in [0.2, 0.25) is 0 Å². The summed E-state index contributed by atoms with van der Waals surface area (Å²) >= 11 is 0. The Morgan fingerprint density at radius 2 is 2.00 bits per heavy atom. The van der Waals surface area contributed by atoms with Crippen LogP contribution < -0.4 is 5.32 Å². The van der Waals surface area contributed by atoms with Crippen LogP contribution in [-0.2, 0) is 20.9 Å². The largest absolute Gasteiger partial charge is 0.455 e. The first kappa shape index (κ1) is 13.5. The fraction of sp³-hybridized carbons (Fsp3) is 0.429. The van der Waals surface area contributed by atoms with Crippen molar-refractivity contribution in [1.29, 1.82) is 0 Å². The summed E-state index contributed by atoms with van der Waals surface area (Å²) in [5.41, 5.74) is 0.789. The predicted molar refractivity (Wildman–Crippen MR) is 66.5 cm³/mol. The fourth-order valence-corrected chi connectivity index (χ4v) is 1.75. The zero-order valence-corrected chi connectivity index (χ0v) is 10.7. The minimum atomic E-state index is -0.356. The number of hydrogen-bond acceptors (Lipinski definition) is 3. The lowest BCUT2D eigenvalue weighted by molar-refractivity contribution is -0.150. The molecule has 0 aliphatic heterocycles. The highest BCUT2D eigenvalue weighted by molar-refractivity contribution is 5.82. The van der Waals surface area contributed by atoms with Gasteiger partial charge >= 0.3 is 5.97 Å². The molecule has 1 aliphatic rings. The van der Waals surface area contributed by atoms with Gasteiger partial charge in [-0.1, -0.05) is 19.1 Å². The minimum Gasteiger partial charge on any atom is -0.455 e. The number of hydrogen-bond donors (Lipinski definition) is 1. The number of amides is 1. The highest BCUT2D eigenvalue weighted by Gasteiger charge is 2.40. The van der Waals surface area contributed by atoms with Gasteiger partial charge in [-0.25, -0.2) is 4.39 Å². The third-order valence-corrected chi connectivity index (χ3v) is 3.16. The first-order chi connectivity index (χ1) is 9.06. The molecule has 1 N–H and O–H groups in total. The molecule has 5 heteroatoms. The molecular weight excluding hydrogens is 249 g/mol.